The summed E-state index contributed by atoms with van der Waals surface area (Å²) in [4.78, 5) is 30.9. The molecule has 4 rings (SSSR count). The van der Waals surface area contributed by atoms with Gasteiger partial charge in [-0.1, -0.05) is 0 Å². The van der Waals surface area contributed by atoms with Crippen LogP contribution in [0.15, 0.2) is 51.7 Å². The van der Waals surface area contributed by atoms with Gasteiger partial charge in [-0.05, 0) is 49.5 Å². The minimum Gasteiger partial charge on any atom is -0.408 e. The fourth-order valence-corrected chi connectivity index (χ4v) is 3.12. The van der Waals surface area contributed by atoms with Crippen molar-refractivity contribution in [3.8, 4) is 0 Å². The molecule has 7 nitrogen and oxygen atoms in total. The van der Waals surface area contributed by atoms with Crippen molar-refractivity contribution in [3.05, 3.63) is 58.6 Å². The first-order valence-corrected chi connectivity index (χ1v) is 8.56. The number of likely N-dealkylation sites (N-methyl/N-ethyl adjacent to an activating group) is 1. The van der Waals surface area contributed by atoms with E-state index in [9.17, 15) is 9.59 Å². The fraction of sp³-hybridized carbons (Fsp3) is 0.263. The smallest absolute Gasteiger partial charge is 0.408 e. The Kier molecular flexibility index (Phi) is 4.22. The number of amides is 1. The first kappa shape index (κ1) is 16.4. The van der Waals surface area contributed by atoms with Gasteiger partial charge in [-0.25, -0.2) is 4.79 Å². The maximum absolute atomic E-state index is 12.4. The average molecular weight is 352 g/mol. The first-order chi connectivity index (χ1) is 12.6. The molecule has 0 bridgehead atoms. The Balaban J connectivity index is 1.45. The SMILES string of the molecule is CN1CCN(c2ccc(NC(=O)c3ccc4oc(=O)[nH]c4c3)cc2)CC1. The van der Waals surface area contributed by atoms with E-state index >= 15 is 0 Å². The molecule has 0 saturated carbocycles. The highest BCUT2D eigenvalue weighted by Crippen LogP contribution is 2.20. The molecule has 2 aromatic carbocycles. The van der Waals surface area contributed by atoms with E-state index in [-0.39, 0.29) is 5.91 Å². The van der Waals surface area contributed by atoms with Crippen molar-refractivity contribution in [1.82, 2.24) is 9.88 Å². The topological polar surface area (TPSA) is 81.6 Å². The van der Waals surface area contributed by atoms with Crippen molar-refractivity contribution in [2.75, 3.05) is 43.4 Å². The van der Waals surface area contributed by atoms with E-state index in [1.807, 2.05) is 24.3 Å². The molecule has 26 heavy (non-hydrogen) atoms. The van der Waals surface area contributed by atoms with Crippen LogP contribution < -0.4 is 16.0 Å². The number of fused-ring (bicyclic) bond motifs is 1. The molecular weight excluding hydrogens is 332 g/mol. The third-order valence-electron chi connectivity index (χ3n) is 4.67. The number of hydrogen-bond acceptors (Lipinski definition) is 5. The van der Waals surface area contributed by atoms with E-state index in [0.717, 1.165) is 37.6 Å². The predicted octanol–water partition coefficient (Wildman–Crippen LogP) is 2.13. The third-order valence-corrected chi connectivity index (χ3v) is 4.67. The Hall–Kier alpha value is -3.06. The summed E-state index contributed by atoms with van der Waals surface area (Å²) in [7, 11) is 2.13. The molecule has 0 spiro atoms. The maximum Gasteiger partial charge on any atom is 0.417 e. The third kappa shape index (κ3) is 3.34. The van der Waals surface area contributed by atoms with Crippen LogP contribution in [0, 0.1) is 0 Å². The molecule has 0 aliphatic carbocycles. The quantitative estimate of drug-likeness (QED) is 0.755. The monoisotopic (exact) mass is 352 g/mol. The zero-order valence-corrected chi connectivity index (χ0v) is 14.5. The van der Waals surface area contributed by atoms with Gasteiger partial charge in [0.25, 0.3) is 5.91 Å². The molecule has 3 aromatic rings. The lowest BCUT2D eigenvalue weighted by Crippen LogP contribution is -2.44. The second kappa shape index (κ2) is 6.68. The van der Waals surface area contributed by atoms with Gasteiger partial charge in [0.15, 0.2) is 5.58 Å². The maximum atomic E-state index is 12.4. The number of H-pyrrole nitrogens is 1. The van der Waals surface area contributed by atoms with Crippen LogP contribution in [-0.4, -0.2) is 49.0 Å². The summed E-state index contributed by atoms with van der Waals surface area (Å²) in [6.07, 6.45) is 0. The number of anilines is 2. The van der Waals surface area contributed by atoms with Gasteiger partial charge in [0.1, 0.15) is 0 Å². The Morgan fingerprint density at radius 2 is 1.81 bits per heavy atom. The Morgan fingerprint density at radius 3 is 2.54 bits per heavy atom. The number of hydrogen-bond donors (Lipinski definition) is 2. The lowest BCUT2D eigenvalue weighted by Gasteiger charge is -2.34. The number of nitrogens with zero attached hydrogens (tertiary/aromatic N) is 2. The summed E-state index contributed by atoms with van der Waals surface area (Å²) in [6, 6.07) is 12.7. The molecule has 2 heterocycles. The molecule has 7 heteroatoms. The van der Waals surface area contributed by atoms with Gasteiger partial charge in [0, 0.05) is 43.1 Å². The van der Waals surface area contributed by atoms with Gasteiger partial charge < -0.3 is 19.5 Å². The van der Waals surface area contributed by atoms with E-state index < -0.39 is 5.76 Å². The fourth-order valence-electron chi connectivity index (χ4n) is 3.12. The number of rotatable bonds is 3. The van der Waals surface area contributed by atoms with Crippen molar-refractivity contribution in [2.45, 2.75) is 0 Å². The Labute approximate surface area is 150 Å². The predicted molar refractivity (Wildman–Crippen MR) is 101 cm³/mol. The van der Waals surface area contributed by atoms with E-state index in [0.29, 0.717) is 16.7 Å². The number of carbonyl (C=O) groups excluding carboxylic acids is 1. The molecule has 1 aliphatic heterocycles. The molecule has 1 amide bonds. The van der Waals surface area contributed by atoms with Crippen LogP contribution in [0.25, 0.3) is 11.1 Å². The van der Waals surface area contributed by atoms with Gasteiger partial charge in [-0.15, -0.1) is 0 Å². The largest absolute Gasteiger partial charge is 0.417 e. The van der Waals surface area contributed by atoms with Crippen LogP contribution in [0.3, 0.4) is 0 Å². The van der Waals surface area contributed by atoms with Crippen molar-refractivity contribution in [1.29, 1.82) is 0 Å². The highest BCUT2D eigenvalue weighted by Gasteiger charge is 2.14. The van der Waals surface area contributed by atoms with Crippen LogP contribution in [0.4, 0.5) is 11.4 Å². The van der Waals surface area contributed by atoms with E-state index in [4.69, 9.17) is 4.42 Å². The molecule has 1 aliphatic rings. The van der Waals surface area contributed by atoms with Gasteiger partial charge in [-0.3, -0.25) is 9.78 Å². The minimum absolute atomic E-state index is 0.235. The van der Waals surface area contributed by atoms with Crippen LogP contribution >= 0.6 is 0 Å². The molecule has 0 radical (unpaired) electrons. The molecule has 1 fully saturated rings. The summed E-state index contributed by atoms with van der Waals surface area (Å²) in [5.74, 6) is -0.765. The summed E-state index contributed by atoms with van der Waals surface area (Å²) in [5, 5.41) is 2.88. The molecular formula is C19H20N4O3. The molecule has 2 N–H and O–H groups in total. The molecule has 1 saturated heterocycles. The minimum atomic E-state index is -0.531. The number of piperazine rings is 1. The van der Waals surface area contributed by atoms with Crippen molar-refractivity contribution >= 4 is 28.4 Å². The summed E-state index contributed by atoms with van der Waals surface area (Å²) < 4.78 is 4.95. The first-order valence-electron chi connectivity index (χ1n) is 8.56. The van der Waals surface area contributed by atoms with Crippen LogP contribution in [0.1, 0.15) is 10.4 Å². The van der Waals surface area contributed by atoms with Gasteiger partial charge >= 0.3 is 5.76 Å². The average Bonchev–Trinajstić information content (AvgIpc) is 3.02. The molecule has 134 valence electrons. The lowest BCUT2D eigenvalue weighted by molar-refractivity contribution is 0.102. The van der Waals surface area contributed by atoms with Crippen molar-refractivity contribution in [3.63, 3.8) is 0 Å². The standard InChI is InChI=1S/C19H20N4O3/c1-22-8-10-23(11-9-22)15-5-3-14(4-6-15)20-18(24)13-2-7-17-16(12-13)21-19(25)26-17/h2-7,12H,8-11H2,1H3,(H,20,24)(H,21,25). The highest BCUT2D eigenvalue weighted by molar-refractivity contribution is 6.05. The van der Waals surface area contributed by atoms with Crippen LogP contribution in [0.2, 0.25) is 0 Å². The summed E-state index contributed by atoms with van der Waals surface area (Å²) in [5.41, 5.74) is 3.29. The van der Waals surface area contributed by atoms with E-state index in [2.05, 4.69) is 27.1 Å². The van der Waals surface area contributed by atoms with Crippen molar-refractivity contribution in [2.24, 2.45) is 0 Å². The van der Waals surface area contributed by atoms with E-state index in [1.54, 1.807) is 18.2 Å². The Bertz CT molecular complexity index is 982. The number of benzene rings is 2. The number of nitrogens with one attached hydrogen (secondary N) is 2. The molecule has 0 unspecified atom stereocenters. The second-order valence-corrected chi connectivity index (χ2v) is 6.52. The Morgan fingerprint density at radius 1 is 1.08 bits per heavy atom. The highest BCUT2D eigenvalue weighted by atomic mass is 16.4. The van der Waals surface area contributed by atoms with Crippen molar-refractivity contribution < 1.29 is 9.21 Å². The number of aromatic amines is 1. The zero-order valence-electron chi connectivity index (χ0n) is 14.5. The number of carbonyl (C=O) groups is 1. The van der Waals surface area contributed by atoms with Crippen LogP contribution in [0.5, 0.6) is 0 Å². The van der Waals surface area contributed by atoms with Gasteiger partial charge in [-0.2, -0.15) is 0 Å². The molecule has 0 atom stereocenters. The number of oxazole rings is 1. The lowest BCUT2D eigenvalue weighted by atomic mass is 10.2. The summed E-state index contributed by atoms with van der Waals surface area (Å²) >= 11 is 0. The summed E-state index contributed by atoms with van der Waals surface area (Å²) in [6.45, 7) is 4.12. The molecule has 1 aromatic heterocycles. The normalized spacial score (nSPS) is 15.3. The van der Waals surface area contributed by atoms with Gasteiger partial charge in [0.2, 0.25) is 0 Å². The van der Waals surface area contributed by atoms with E-state index in [1.165, 1.54) is 0 Å². The van der Waals surface area contributed by atoms with Gasteiger partial charge in [0.05, 0.1) is 5.52 Å². The van der Waals surface area contributed by atoms with Crippen LogP contribution in [-0.2, 0) is 0 Å². The zero-order chi connectivity index (χ0) is 18.1. The number of aromatic nitrogens is 1. The second-order valence-electron chi connectivity index (χ2n) is 6.52.